The first-order valence-corrected chi connectivity index (χ1v) is 5.57. The van der Waals surface area contributed by atoms with E-state index in [1.54, 1.807) is 6.07 Å². The quantitative estimate of drug-likeness (QED) is 0.681. The molecule has 0 aromatic heterocycles. The molecule has 1 aromatic carbocycles. The molecule has 0 aliphatic rings. The first-order chi connectivity index (χ1) is 8.24. The molecule has 1 rings (SSSR count). The highest BCUT2D eigenvalue weighted by atomic mass is 19.2. The number of aliphatic hydroxyl groups excluding tert-OH is 1. The van der Waals surface area contributed by atoms with E-state index in [0.717, 1.165) is 19.0 Å². The van der Waals surface area contributed by atoms with Gasteiger partial charge in [0.25, 0.3) is 0 Å². The largest absolute Gasteiger partial charge is 0.394 e. The Hall–Kier alpha value is -1.04. The third-order valence-corrected chi connectivity index (χ3v) is 2.19. The van der Waals surface area contributed by atoms with Crippen LogP contribution in [0.2, 0.25) is 0 Å². The van der Waals surface area contributed by atoms with Crippen molar-refractivity contribution in [1.29, 1.82) is 0 Å². The van der Waals surface area contributed by atoms with Crippen LogP contribution in [0.3, 0.4) is 0 Å². The number of benzene rings is 1. The third kappa shape index (κ3) is 5.72. The van der Waals surface area contributed by atoms with Crippen LogP contribution in [0.5, 0.6) is 0 Å². The standard InChI is InChI=1S/C12H17F2NO2/c13-11-3-2-10(8-12(11)14)9-15-4-1-6-17-7-5-16/h2-3,8,15-16H,1,4-7,9H2. The van der Waals surface area contributed by atoms with Gasteiger partial charge in [0.1, 0.15) is 0 Å². The zero-order chi connectivity index (χ0) is 12.5. The molecular weight excluding hydrogens is 228 g/mol. The van der Waals surface area contributed by atoms with Crippen LogP contribution in [-0.2, 0) is 11.3 Å². The van der Waals surface area contributed by atoms with Crippen LogP contribution in [0.25, 0.3) is 0 Å². The Morgan fingerprint density at radius 1 is 1.18 bits per heavy atom. The highest BCUT2D eigenvalue weighted by molar-refractivity contribution is 5.17. The topological polar surface area (TPSA) is 41.5 Å². The number of nitrogens with one attached hydrogen (secondary N) is 1. The Morgan fingerprint density at radius 2 is 2.00 bits per heavy atom. The van der Waals surface area contributed by atoms with E-state index < -0.39 is 11.6 Å². The molecule has 96 valence electrons. The SMILES string of the molecule is OCCOCCCNCc1ccc(F)c(F)c1. The molecular formula is C12H17F2NO2. The summed E-state index contributed by atoms with van der Waals surface area (Å²) in [4.78, 5) is 0. The summed E-state index contributed by atoms with van der Waals surface area (Å²) in [5.74, 6) is -1.65. The molecule has 0 bridgehead atoms. The van der Waals surface area contributed by atoms with E-state index in [0.29, 0.717) is 25.3 Å². The van der Waals surface area contributed by atoms with E-state index in [1.165, 1.54) is 6.07 Å². The van der Waals surface area contributed by atoms with E-state index in [2.05, 4.69) is 5.32 Å². The predicted octanol–water partition coefficient (Wildman–Crippen LogP) is 1.45. The van der Waals surface area contributed by atoms with Crippen molar-refractivity contribution >= 4 is 0 Å². The normalized spacial score (nSPS) is 10.8. The van der Waals surface area contributed by atoms with Crippen molar-refractivity contribution in [2.24, 2.45) is 0 Å². The second kappa shape index (κ2) is 8.11. The lowest BCUT2D eigenvalue weighted by Crippen LogP contribution is -2.17. The Morgan fingerprint density at radius 3 is 2.71 bits per heavy atom. The number of hydrogen-bond acceptors (Lipinski definition) is 3. The van der Waals surface area contributed by atoms with Gasteiger partial charge >= 0.3 is 0 Å². The molecule has 0 spiro atoms. The maximum absolute atomic E-state index is 12.8. The van der Waals surface area contributed by atoms with Gasteiger partial charge in [-0.1, -0.05) is 6.07 Å². The molecule has 17 heavy (non-hydrogen) atoms. The average Bonchev–Trinajstić information content (AvgIpc) is 2.32. The summed E-state index contributed by atoms with van der Waals surface area (Å²) in [7, 11) is 0. The number of ether oxygens (including phenoxy) is 1. The van der Waals surface area contributed by atoms with Crippen molar-refractivity contribution in [2.45, 2.75) is 13.0 Å². The Bertz CT molecular complexity index is 334. The number of halogens is 2. The molecule has 0 unspecified atom stereocenters. The molecule has 1 aromatic rings. The summed E-state index contributed by atoms with van der Waals surface area (Å²) >= 11 is 0. The van der Waals surface area contributed by atoms with Crippen molar-refractivity contribution in [3.05, 3.63) is 35.4 Å². The van der Waals surface area contributed by atoms with Gasteiger partial charge < -0.3 is 15.2 Å². The Labute approximate surface area is 99.4 Å². The van der Waals surface area contributed by atoms with E-state index in [4.69, 9.17) is 9.84 Å². The lowest BCUT2D eigenvalue weighted by atomic mass is 10.2. The van der Waals surface area contributed by atoms with Crippen LogP contribution in [0.1, 0.15) is 12.0 Å². The van der Waals surface area contributed by atoms with Gasteiger partial charge in [-0.05, 0) is 30.7 Å². The smallest absolute Gasteiger partial charge is 0.159 e. The second-order valence-electron chi connectivity index (χ2n) is 3.61. The highest BCUT2D eigenvalue weighted by Crippen LogP contribution is 2.08. The summed E-state index contributed by atoms with van der Waals surface area (Å²) in [6, 6.07) is 3.86. The van der Waals surface area contributed by atoms with E-state index in [1.807, 2.05) is 0 Å². The molecule has 0 heterocycles. The summed E-state index contributed by atoms with van der Waals surface area (Å²) in [6.45, 7) is 2.18. The fourth-order valence-corrected chi connectivity index (χ4v) is 1.35. The van der Waals surface area contributed by atoms with Gasteiger partial charge in [0.15, 0.2) is 11.6 Å². The Kier molecular flexibility index (Phi) is 6.69. The number of aliphatic hydroxyl groups is 1. The third-order valence-electron chi connectivity index (χ3n) is 2.19. The molecule has 3 nitrogen and oxygen atoms in total. The van der Waals surface area contributed by atoms with Gasteiger partial charge in [0.2, 0.25) is 0 Å². The van der Waals surface area contributed by atoms with Gasteiger partial charge in [-0.15, -0.1) is 0 Å². The van der Waals surface area contributed by atoms with Crippen LogP contribution in [0, 0.1) is 11.6 Å². The second-order valence-corrected chi connectivity index (χ2v) is 3.61. The first kappa shape index (κ1) is 14.0. The van der Waals surface area contributed by atoms with Crippen LogP contribution >= 0.6 is 0 Å². The van der Waals surface area contributed by atoms with Gasteiger partial charge in [-0.25, -0.2) is 8.78 Å². The van der Waals surface area contributed by atoms with Crippen molar-refractivity contribution in [3.8, 4) is 0 Å². The maximum atomic E-state index is 12.8. The fourth-order valence-electron chi connectivity index (χ4n) is 1.35. The minimum atomic E-state index is -0.828. The fraction of sp³-hybridized carbons (Fsp3) is 0.500. The summed E-state index contributed by atoms with van der Waals surface area (Å²) in [5, 5.41) is 11.6. The van der Waals surface area contributed by atoms with E-state index in [9.17, 15) is 8.78 Å². The van der Waals surface area contributed by atoms with Gasteiger partial charge in [-0.2, -0.15) is 0 Å². The highest BCUT2D eigenvalue weighted by Gasteiger charge is 2.01. The molecule has 0 aliphatic carbocycles. The summed E-state index contributed by atoms with van der Waals surface area (Å²) < 4.78 is 30.5. The molecule has 0 aliphatic heterocycles. The molecule has 2 N–H and O–H groups in total. The Balaban J connectivity index is 2.11. The van der Waals surface area contributed by atoms with Gasteiger partial charge in [0.05, 0.1) is 13.2 Å². The zero-order valence-corrected chi connectivity index (χ0v) is 9.59. The van der Waals surface area contributed by atoms with Crippen molar-refractivity contribution in [1.82, 2.24) is 5.32 Å². The summed E-state index contributed by atoms with van der Waals surface area (Å²) in [6.07, 6.45) is 0.809. The molecule has 0 atom stereocenters. The minimum Gasteiger partial charge on any atom is -0.394 e. The summed E-state index contributed by atoms with van der Waals surface area (Å²) in [5.41, 5.74) is 0.708. The first-order valence-electron chi connectivity index (χ1n) is 5.57. The monoisotopic (exact) mass is 245 g/mol. The minimum absolute atomic E-state index is 0.0300. The molecule has 0 fully saturated rings. The molecule has 5 heteroatoms. The number of rotatable bonds is 8. The van der Waals surface area contributed by atoms with E-state index in [-0.39, 0.29) is 6.61 Å². The predicted molar refractivity (Wildman–Crippen MR) is 60.6 cm³/mol. The lowest BCUT2D eigenvalue weighted by molar-refractivity contribution is 0.0907. The molecule has 0 saturated heterocycles. The molecule has 0 amide bonds. The van der Waals surface area contributed by atoms with Crippen LogP contribution < -0.4 is 5.32 Å². The average molecular weight is 245 g/mol. The van der Waals surface area contributed by atoms with Crippen molar-refractivity contribution in [3.63, 3.8) is 0 Å². The van der Waals surface area contributed by atoms with Crippen LogP contribution in [0.4, 0.5) is 8.78 Å². The van der Waals surface area contributed by atoms with Crippen LogP contribution in [0.15, 0.2) is 18.2 Å². The lowest BCUT2D eigenvalue weighted by Gasteiger charge is -2.05. The molecule has 0 saturated carbocycles. The number of hydrogen-bond donors (Lipinski definition) is 2. The van der Waals surface area contributed by atoms with Crippen molar-refractivity contribution in [2.75, 3.05) is 26.4 Å². The zero-order valence-electron chi connectivity index (χ0n) is 9.59. The van der Waals surface area contributed by atoms with Crippen molar-refractivity contribution < 1.29 is 18.6 Å². The maximum Gasteiger partial charge on any atom is 0.159 e. The molecule has 0 radical (unpaired) electrons. The van der Waals surface area contributed by atoms with E-state index >= 15 is 0 Å². The van der Waals surface area contributed by atoms with Gasteiger partial charge in [0, 0.05) is 13.2 Å². The van der Waals surface area contributed by atoms with Crippen LogP contribution in [-0.4, -0.2) is 31.5 Å². The van der Waals surface area contributed by atoms with Gasteiger partial charge in [-0.3, -0.25) is 0 Å².